The molecule has 0 spiro atoms. The molecular formula is C27H23NO4. The maximum absolute atomic E-state index is 14.0. The van der Waals surface area contributed by atoms with Crippen molar-refractivity contribution in [1.29, 1.82) is 0 Å². The number of furan rings is 1. The highest BCUT2D eigenvalue weighted by Crippen LogP contribution is 2.34. The number of hydrogen-bond acceptors (Lipinski definition) is 4. The largest absolute Gasteiger partial charge is 0.467 e. The third-order valence-electron chi connectivity index (χ3n) is 5.56. The molecule has 160 valence electrons. The molecule has 0 N–H and O–H groups in total. The van der Waals surface area contributed by atoms with Gasteiger partial charge in [0, 0.05) is 6.54 Å². The summed E-state index contributed by atoms with van der Waals surface area (Å²) in [6.45, 7) is 1.01. The van der Waals surface area contributed by atoms with Crippen molar-refractivity contribution in [3.63, 3.8) is 0 Å². The van der Waals surface area contributed by atoms with Crippen LogP contribution in [0, 0.1) is 0 Å². The Hall–Kier alpha value is -3.99. The highest BCUT2D eigenvalue weighted by molar-refractivity contribution is 5.87. The van der Waals surface area contributed by atoms with Gasteiger partial charge in [-0.3, -0.25) is 4.79 Å². The van der Waals surface area contributed by atoms with Gasteiger partial charge in [-0.1, -0.05) is 66.7 Å². The van der Waals surface area contributed by atoms with Crippen molar-refractivity contribution < 1.29 is 18.7 Å². The molecule has 0 aliphatic carbocycles. The lowest BCUT2D eigenvalue weighted by Crippen LogP contribution is -2.34. The lowest BCUT2D eigenvalue weighted by Gasteiger charge is -2.28. The fourth-order valence-electron chi connectivity index (χ4n) is 4.01. The van der Waals surface area contributed by atoms with Crippen LogP contribution in [0.5, 0.6) is 11.5 Å². The van der Waals surface area contributed by atoms with Crippen LogP contribution in [0.15, 0.2) is 102 Å². The highest BCUT2D eigenvalue weighted by Gasteiger charge is 2.28. The normalized spacial score (nSPS) is 12.2. The van der Waals surface area contributed by atoms with Crippen LogP contribution in [0.4, 0.5) is 0 Å². The number of nitrogens with zero attached hydrogens (tertiary/aromatic N) is 1. The molecule has 0 radical (unpaired) electrons. The predicted octanol–water partition coefficient (Wildman–Crippen LogP) is 5.37. The van der Waals surface area contributed by atoms with E-state index in [1.807, 2.05) is 95.9 Å². The molecular weight excluding hydrogens is 402 g/mol. The molecule has 0 atom stereocenters. The van der Waals surface area contributed by atoms with Crippen molar-refractivity contribution in [3.8, 4) is 11.5 Å². The Labute approximate surface area is 186 Å². The molecule has 3 aromatic carbocycles. The molecule has 0 unspecified atom stereocenters. The summed E-state index contributed by atoms with van der Waals surface area (Å²) in [5.41, 5.74) is 2.88. The monoisotopic (exact) mass is 425 g/mol. The lowest BCUT2D eigenvalue weighted by molar-refractivity contribution is -0.133. The van der Waals surface area contributed by atoms with Gasteiger partial charge in [-0.25, -0.2) is 0 Å². The number of carbonyl (C=O) groups is 1. The van der Waals surface area contributed by atoms with E-state index < -0.39 is 5.92 Å². The third-order valence-corrected chi connectivity index (χ3v) is 5.56. The Morgan fingerprint density at radius 1 is 0.781 bits per heavy atom. The minimum absolute atomic E-state index is 0.0106. The van der Waals surface area contributed by atoms with Crippen molar-refractivity contribution in [2.24, 2.45) is 0 Å². The fourth-order valence-corrected chi connectivity index (χ4v) is 4.01. The van der Waals surface area contributed by atoms with Crippen LogP contribution in [0.1, 0.15) is 28.4 Å². The summed E-state index contributed by atoms with van der Waals surface area (Å²) in [5, 5.41) is 0. The van der Waals surface area contributed by atoms with E-state index in [0.717, 1.165) is 28.2 Å². The minimum Gasteiger partial charge on any atom is -0.467 e. The first-order valence-corrected chi connectivity index (χ1v) is 10.6. The van der Waals surface area contributed by atoms with E-state index in [1.54, 1.807) is 6.26 Å². The van der Waals surface area contributed by atoms with E-state index in [0.29, 0.717) is 18.8 Å². The zero-order valence-corrected chi connectivity index (χ0v) is 17.5. The van der Waals surface area contributed by atoms with Crippen molar-refractivity contribution >= 4 is 5.91 Å². The molecule has 4 aromatic rings. The van der Waals surface area contributed by atoms with Crippen LogP contribution in [0.25, 0.3) is 0 Å². The second-order valence-corrected chi connectivity index (χ2v) is 7.72. The van der Waals surface area contributed by atoms with Gasteiger partial charge in [0.25, 0.3) is 0 Å². The number of carbonyl (C=O) groups excluding carboxylic acids is 1. The zero-order chi connectivity index (χ0) is 21.8. The molecule has 1 aliphatic rings. The standard InChI is InChI=1S/C27H23NO4/c29-27(26(21-8-3-1-4-9-21)22-10-5-2-6-11-22)28(18-23-12-7-15-30-23)17-20-13-14-24-25(16-20)32-19-31-24/h1-16,26H,17-19H2. The fraction of sp³-hybridized carbons (Fsp3) is 0.148. The lowest BCUT2D eigenvalue weighted by atomic mass is 9.90. The second-order valence-electron chi connectivity index (χ2n) is 7.72. The number of hydrogen-bond donors (Lipinski definition) is 0. The van der Waals surface area contributed by atoms with Gasteiger partial charge >= 0.3 is 0 Å². The first kappa shape index (κ1) is 19.9. The number of benzene rings is 3. The molecule has 5 heteroatoms. The van der Waals surface area contributed by atoms with Crippen molar-refractivity contribution in [2.45, 2.75) is 19.0 Å². The van der Waals surface area contributed by atoms with Gasteiger partial charge in [0.05, 0.1) is 18.7 Å². The van der Waals surface area contributed by atoms with Crippen LogP contribution in [-0.4, -0.2) is 17.6 Å². The molecule has 32 heavy (non-hydrogen) atoms. The number of fused-ring (bicyclic) bond motifs is 1. The van der Waals surface area contributed by atoms with Crippen molar-refractivity contribution in [2.75, 3.05) is 6.79 Å². The Kier molecular flexibility index (Phi) is 5.62. The minimum atomic E-state index is -0.415. The van der Waals surface area contributed by atoms with Gasteiger partial charge in [0.15, 0.2) is 11.5 Å². The molecule has 1 amide bonds. The molecule has 2 heterocycles. The van der Waals surface area contributed by atoms with Gasteiger partial charge in [-0.2, -0.15) is 0 Å². The molecule has 5 rings (SSSR count). The van der Waals surface area contributed by atoms with Crippen LogP contribution < -0.4 is 9.47 Å². The van der Waals surface area contributed by atoms with E-state index in [9.17, 15) is 4.79 Å². The first-order valence-electron chi connectivity index (χ1n) is 10.6. The SMILES string of the molecule is O=C(C(c1ccccc1)c1ccccc1)N(Cc1ccc2c(c1)OCO2)Cc1ccco1. The highest BCUT2D eigenvalue weighted by atomic mass is 16.7. The van der Waals surface area contributed by atoms with Crippen molar-refractivity contribution in [1.82, 2.24) is 4.90 Å². The van der Waals surface area contributed by atoms with Crippen LogP contribution >= 0.6 is 0 Å². The van der Waals surface area contributed by atoms with E-state index >= 15 is 0 Å². The summed E-state index contributed by atoms with van der Waals surface area (Å²) in [6, 6.07) is 29.3. The van der Waals surface area contributed by atoms with Gasteiger partial charge in [-0.15, -0.1) is 0 Å². The summed E-state index contributed by atoms with van der Waals surface area (Å²) in [7, 11) is 0. The molecule has 0 fully saturated rings. The number of ether oxygens (including phenoxy) is 2. The van der Waals surface area contributed by atoms with Crippen LogP contribution in [0.2, 0.25) is 0 Å². The molecule has 1 aliphatic heterocycles. The van der Waals surface area contributed by atoms with Gasteiger partial charge < -0.3 is 18.8 Å². The Bertz CT molecular complexity index is 1130. The van der Waals surface area contributed by atoms with E-state index in [2.05, 4.69) is 0 Å². The Morgan fingerprint density at radius 2 is 1.47 bits per heavy atom. The van der Waals surface area contributed by atoms with Crippen LogP contribution in [0.3, 0.4) is 0 Å². The maximum Gasteiger partial charge on any atom is 0.235 e. The average molecular weight is 425 g/mol. The maximum atomic E-state index is 14.0. The smallest absolute Gasteiger partial charge is 0.235 e. The molecule has 0 saturated carbocycles. The van der Waals surface area contributed by atoms with Gasteiger partial charge in [0.1, 0.15) is 5.76 Å². The summed E-state index contributed by atoms with van der Waals surface area (Å²) >= 11 is 0. The van der Waals surface area contributed by atoms with Crippen LogP contribution in [-0.2, 0) is 17.9 Å². The average Bonchev–Trinajstić information content (AvgIpc) is 3.52. The first-order chi connectivity index (χ1) is 15.8. The molecule has 1 aromatic heterocycles. The quantitative estimate of drug-likeness (QED) is 0.400. The zero-order valence-electron chi connectivity index (χ0n) is 17.5. The van der Waals surface area contributed by atoms with E-state index in [4.69, 9.17) is 13.9 Å². The topological polar surface area (TPSA) is 51.9 Å². The van der Waals surface area contributed by atoms with Crippen molar-refractivity contribution in [3.05, 3.63) is 120 Å². The Morgan fingerprint density at radius 3 is 2.12 bits per heavy atom. The molecule has 0 saturated heterocycles. The van der Waals surface area contributed by atoms with Gasteiger partial charge in [-0.05, 0) is 41.0 Å². The predicted molar refractivity (Wildman–Crippen MR) is 120 cm³/mol. The number of rotatable bonds is 7. The Balaban J connectivity index is 1.50. The summed E-state index contributed by atoms with van der Waals surface area (Å²) in [5.74, 6) is 1.76. The second kappa shape index (κ2) is 9.02. The summed E-state index contributed by atoms with van der Waals surface area (Å²) < 4.78 is 16.5. The van der Waals surface area contributed by atoms with E-state index in [-0.39, 0.29) is 12.7 Å². The molecule has 5 nitrogen and oxygen atoms in total. The number of amides is 1. The third kappa shape index (κ3) is 4.23. The van der Waals surface area contributed by atoms with E-state index in [1.165, 1.54) is 0 Å². The molecule has 0 bridgehead atoms. The van der Waals surface area contributed by atoms with Gasteiger partial charge in [0.2, 0.25) is 12.7 Å². The summed E-state index contributed by atoms with van der Waals surface area (Å²) in [4.78, 5) is 15.9. The summed E-state index contributed by atoms with van der Waals surface area (Å²) in [6.07, 6.45) is 1.63.